The van der Waals surface area contributed by atoms with Crippen molar-refractivity contribution < 1.29 is 22.3 Å². The van der Waals surface area contributed by atoms with E-state index in [0.29, 0.717) is 37.2 Å². The van der Waals surface area contributed by atoms with Gasteiger partial charge in [0.1, 0.15) is 11.6 Å². The largest absolute Gasteiger partial charge is 0.496 e. The lowest BCUT2D eigenvalue weighted by molar-refractivity contribution is -0.131. The van der Waals surface area contributed by atoms with E-state index in [4.69, 9.17) is 4.74 Å². The summed E-state index contributed by atoms with van der Waals surface area (Å²) in [5.74, 6) is -0.0197. The van der Waals surface area contributed by atoms with Crippen molar-refractivity contribution in [1.29, 1.82) is 0 Å². The third-order valence-corrected chi connectivity index (χ3v) is 6.57. The standard InChI is InChI=1S/C22H25FN2O4S/c1-29-20-9-5-8-19(23)21(20)16-7-4-3-6-15(16)17-12-18(17)22(26)25-11-10-14(13-25)24-30(2,27)28/h3-9,14,17-18,24H,10-13H2,1-2H3/t14-,17-,18+/m0/s1. The van der Waals surface area contributed by atoms with E-state index in [1.807, 2.05) is 24.3 Å². The molecular weight excluding hydrogens is 407 g/mol. The van der Waals surface area contributed by atoms with E-state index in [2.05, 4.69) is 4.72 Å². The molecule has 0 bridgehead atoms. The van der Waals surface area contributed by atoms with Gasteiger partial charge in [0.05, 0.1) is 18.9 Å². The van der Waals surface area contributed by atoms with Crippen LogP contribution >= 0.6 is 0 Å². The summed E-state index contributed by atoms with van der Waals surface area (Å²) in [5, 5.41) is 0. The smallest absolute Gasteiger partial charge is 0.226 e. The summed E-state index contributed by atoms with van der Waals surface area (Å²) < 4.78 is 45.5. The number of rotatable bonds is 6. The Bertz CT molecular complexity index is 1070. The summed E-state index contributed by atoms with van der Waals surface area (Å²) in [6, 6.07) is 12.1. The van der Waals surface area contributed by atoms with Gasteiger partial charge in [0.15, 0.2) is 0 Å². The van der Waals surface area contributed by atoms with Crippen LogP contribution in [0.1, 0.15) is 24.3 Å². The summed E-state index contributed by atoms with van der Waals surface area (Å²) in [6.45, 7) is 0.927. The molecule has 0 radical (unpaired) electrons. The van der Waals surface area contributed by atoms with E-state index in [1.165, 1.54) is 13.2 Å². The van der Waals surface area contributed by atoms with Crippen molar-refractivity contribution in [2.45, 2.75) is 24.8 Å². The number of carbonyl (C=O) groups excluding carboxylic acids is 1. The van der Waals surface area contributed by atoms with Crippen molar-refractivity contribution in [3.63, 3.8) is 0 Å². The zero-order valence-corrected chi connectivity index (χ0v) is 17.8. The molecule has 2 aliphatic rings. The fourth-order valence-electron chi connectivity index (χ4n) is 4.39. The average Bonchev–Trinajstić information content (AvgIpc) is 3.37. The third kappa shape index (κ3) is 4.20. The molecular formula is C22H25FN2O4S. The van der Waals surface area contributed by atoms with Crippen LogP contribution in [-0.4, -0.2) is 51.7 Å². The Morgan fingerprint density at radius 3 is 2.70 bits per heavy atom. The minimum Gasteiger partial charge on any atom is -0.496 e. The van der Waals surface area contributed by atoms with Gasteiger partial charge in [-0.2, -0.15) is 0 Å². The molecule has 30 heavy (non-hydrogen) atoms. The Hall–Kier alpha value is -2.45. The number of methoxy groups -OCH3 is 1. The van der Waals surface area contributed by atoms with E-state index in [1.54, 1.807) is 17.0 Å². The first-order chi connectivity index (χ1) is 14.3. The lowest BCUT2D eigenvalue weighted by atomic mass is 9.94. The second-order valence-corrected chi connectivity index (χ2v) is 9.79. The molecule has 2 aromatic rings. The molecule has 0 spiro atoms. The minimum absolute atomic E-state index is 0.0138. The van der Waals surface area contributed by atoms with Crippen LogP contribution in [0.5, 0.6) is 5.75 Å². The molecule has 8 heteroatoms. The highest BCUT2D eigenvalue weighted by Crippen LogP contribution is 2.52. The zero-order chi connectivity index (χ0) is 21.5. The molecule has 160 valence electrons. The predicted molar refractivity (Wildman–Crippen MR) is 112 cm³/mol. The van der Waals surface area contributed by atoms with Gasteiger partial charge in [-0.25, -0.2) is 17.5 Å². The normalized spacial score (nSPS) is 23.4. The Balaban J connectivity index is 1.53. The van der Waals surface area contributed by atoms with Crippen LogP contribution in [0, 0.1) is 11.7 Å². The summed E-state index contributed by atoms with van der Waals surface area (Å²) >= 11 is 0. The highest BCUT2D eigenvalue weighted by atomic mass is 32.2. The van der Waals surface area contributed by atoms with Gasteiger partial charge in [0.2, 0.25) is 15.9 Å². The van der Waals surface area contributed by atoms with Crippen molar-refractivity contribution in [3.8, 4) is 16.9 Å². The maximum absolute atomic E-state index is 14.7. The van der Waals surface area contributed by atoms with Crippen LogP contribution < -0.4 is 9.46 Å². The van der Waals surface area contributed by atoms with Crippen LogP contribution in [0.25, 0.3) is 11.1 Å². The Kier molecular flexibility index (Phi) is 5.55. The van der Waals surface area contributed by atoms with Gasteiger partial charge in [-0.15, -0.1) is 0 Å². The molecule has 4 rings (SSSR count). The first-order valence-corrected chi connectivity index (χ1v) is 11.9. The number of hydrogen-bond acceptors (Lipinski definition) is 4. The molecule has 0 unspecified atom stereocenters. The van der Waals surface area contributed by atoms with E-state index in [-0.39, 0.29) is 29.6 Å². The third-order valence-electron chi connectivity index (χ3n) is 5.81. The molecule has 0 aromatic heterocycles. The van der Waals surface area contributed by atoms with Crippen LogP contribution in [0.3, 0.4) is 0 Å². The molecule has 1 saturated carbocycles. The highest BCUT2D eigenvalue weighted by molar-refractivity contribution is 7.88. The second-order valence-electron chi connectivity index (χ2n) is 8.01. The van der Waals surface area contributed by atoms with Crippen molar-refractivity contribution in [2.24, 2.45) is 5.92 Å². The first kappa shape index (κ1) is 20.8. The zero-order valence-electron chi connectivity index (χ0n) is 17.0. The lowest BCUT2D eigenvalue weighted by Gasteiger charge is -2.18. The molecule has 2 fully saturated rings. The van der Waals surface area contributed by atoms with Gasteiger partial charge in [0, 0.05) is 25.0 Å². The van der Waals surface area contributed by atoms with Crippen molar-refractivity contribution in [1.82, 2.24) is 9.62 Å². The number of nitrogens with zero attached hydrogens (tertiary/aromatic N) is 1. The van der Waals surface area contributed by atoms with E-state index in [9.17, 15) is 17.6 Å². The van der Waals surface area contributed by atoms with Crippen LogP contribution in [0.2, 0.25) is 0 Å². The van der Waals surface area contributed by atoms with Gasteiger partial charge >= 0.3 is 0 Å². The minimum atomic E-state index is -3.30. The molecule has 1 aliphatic carbocycles. The van der Waals surface area contributed by atoms with Gasteiger partial charge in [0.25, 0.3) is 0 Å². The fraction of sp³-hybridized carbons (Fsp3) is 0.409. The molecule has 2 aromatic carbocycles. The summed E-state index contributed by atoms with van der Waals surface area (Å²) in [5.41, 5.74) is 2.09. The fourth-order valence-corrected chi connectivity index (χ4v) is 5.19. The predicted octanol–water partition coefficient (Wildman–Crippen LogP) is 2.75. The van der Waals surface area contributed by atoms with Gasteiger partial charge < -0.3 is 9.64 Å². The number of likely N-dealkylation sites (tertiary alicyclic amines) is 1. The quantitative estimate of drug-likeness (QED) is 0.762. The monoisotopic (exact) mass is 432 g/mol. The van der Waals surface area contributed by atoms with Crippen molar-refractivity contribution in [2.75, 3.05) is 26.5 Å². The number of halogens is 1. The SMILES string of the molecule is COc1cccc(F)c1-c1ccccc1[C@@H]1C[C@H]1C(=O)N1CC[C@H](NS(C)(=O)=O)C1. The number of hydrogen-bond donors (Lipinski definition) is 1. The van der Waals surface area contributed by atoms with E-state index >= 15 is 0 Å². The molecule has 3 atom stereocenters. The van der Waals surface area contributed by atoms with Crippen LogP contribution in [0.15, 0.2) is 42.5 Å². The topological polar surface area (TPSA) is 75.7 Å². The molecule has 1 heterocycles. The number of sulfonamides is 1. The van der Waals surface area contributed by atoms with Gasteiger partial charge in [-0.05, 0) is 42.0 Å². The van der Waals surface area contributed by atoms with Crippen molar-refractivity contribution >= 4 is 15.9 Å². The van der Waals surface area contributed by atoms with Crippen LogP contribution in [-0.2, 0) is 14.8 Å². The molecule has 1 amide bonds. The first-order valence-electron chi connectivity index (χ1n) is 9.96. The molecule has 1 aliphatic heterocycles. The van der Waals surface area contributed by atoms with Crippen LogP contribution in [0.4, 0.5) is 4.39 Å². The molecule has 6 nitrogen and oxygen atoms in total. The summed E-state index contributed by atoms with van der Waals surface area (Å²) in [4.78, 5) is 14.7. The summed E-state index contributed by atoms with van der Waals surface area (Å²) in [7, 11) is -1.78. The number of carbonyl (C=O) groups is 1. The van der Waals surface area contributed by atoms with E-state index in [0.717, 1.165) is 17.4 Å². The number of benzene rings is 2. The maximum Gasteiger partial charge on any atom is 0.226 e. The molecule has 1 saturated heterocycles. The lowest BCUT2D eigenvalue weighted by Crippen LogP contribution is -2.38. The number of nitrogens with one attached hydrogen (secondary N) is 1. The maximum atomic E-state index is 14.7. The van der Waals surface area contributed by atoms with Crippen molar-refractivity contribution in [3.05, 3.63) is 53.8 Å². The second kappa shape index (κ2) is 8.00. The van der Waals surface area contributed by atoms with Gasteiger partial charge in [-0.1, -0.05) is 30.3 Å². The summed E-state index contributed by atoms with van der Waals surface area (Å²) in [6.07, 6.45) is 2.44. The Labute approximate surface area is 176 Å². The number of ether oxygens (including phenoxy) is 1. The molecule has 1 N–H and O–H groups in total. The highest BCUT2D eigenvalue weighted by Gasteiger charge is 2.48. The number of amides is 1. The van der Waals surface area contributed by atoms with Gasteiger partial charge in [-0.3, -0.25) is 4.79 Å². The van der Waals surface area contributed by atoms with E-state index < -0.39 is 10.0 Å². The Morgan fingerprint density at radius 2 is 1.97 bits per heavy atom. The Morgan fingerprint density at radius 1 is 1.20 bits per heavy atom. The average molecular weight is 433 g/mol.